The lowest BCUT2D eigenvalue weighted by molar-refractivity contribution is 0.0697. The molecule has 0 heterocycles. The molecule has 0 aromatic heterocycles. The van der Waals surface area contributed by atoms with Crippen LogP contribution in [0, 0.1) is 5.92 Å². The molecule has 3 N–H and O–H groups in total. The fraction of sp³-hybridized carbons (Fsp3) is 0.417. The fourth-order valence-corrected chi connectivity index (χ4v) is 1.65. The van der Waals surface area contributed by atoms with Crippen molar-refractivity contribution in [2.45, 2.75) is 13.3 Å². The molecule has 4 nitrogen and oxygen atoms in total. The number of aliphatic hydroxyl groups excluding tert-OH is 1. The molecule has 0 amide bonds. The Hall–Kier alpha value is -1.26. The second-order valence-electron chi connectivity index (χ2n) is 4.00. The van der Waals surface area contributed by atoms with Gasteiger partial charge in [0.15, 0.2) is 0 Å². The molecule has 0 fully saturated rings. The van der Waals surface area contributed by atoms with Gasteiger partial charge in [0, 0.05) is 13.2 Å². The lowest BCUT2D eigenvalue weighted by Gasteiger charge is -2.13. The molecule has 0 aliphatic carbocycles. The third kappa shape index (κ3) is 4.24. The zero-order chi connectivity index (χ0) is 12.8. The van der Waals surface area contributed by atoms with Crippen LogP contribution >= 0.6 is 11.6 Å². The van der Waals surface area contributed by atoms with Gasteiger partial charge in [-0.15, -0.1) is 0 Å². The van der Waals surface area contributed by atoms with Gasteiger partial charge in [-0.05, 0) is 30.5 Å². The van der Waals surface area contributed by atoms with E-state index in [4.69, 9.17) is 21.8 Å². The molecule has 0 radical (unpaired) electrons. The minimum Gasteiger partial charge on any atom is -0.478 e. The summed E-state index contributed by atoms with van der Waals surface area (Å²) in [6.45, 7) is 2.87. The monoisotopic (exact) mass is 257 g/mol. The van der Waals surface area contributed by atoms with Crippen molar-refractivity contribution in [2.75, 3.05) is 18.5 Å². The van der Waals surface area contributed by atoms with Gasteiger partial charge in [0.1, 0.15) is 0 Å². The molecule has 94 valence electrons. The number of aliphatic hydroxyl groups is 1. The predicted molar refractivity (Wildman–Crippen MR) is 67.8 cm³/mol. The smallest absolute Gasteiger partial charge is 0.335 e. The van der Waals surface area contributed by atoms with Gasteiger partial charge in [0.25, 0.3) is 0 Å². The van der Waals surface area contributed by atoms with E-state index >= 15 is 0 Å². The number of aromatic carboxylic acids is 1. The van der Waals surface area contributed by atoms with Gasteiger partial charge in [0.2, 0.25) is 0 Å². The van der Waals surface area contributed by atoms with Gasteiger partial charge in [-0.25, -0.2) is 4.79 Å². The Bertz CT molecular complexity index is 395. The Morgan fingerprint density at radius 1 is 1.53 bits per heavy atom. The third-order valence-electron chi connectivity index (χ3n) is 2.48. The topological polar surface area (TPSA) is 69.6 Å². The second-order valence-corrected chi connectivity index (χ2v) is 4.41. The third-order valence-corrected chi connectivity index (χ3v) is 2.79. The van der Waals surface area contributed by atoms with Crippen LogP contribution in [0.2, 0.25) is 5.02 Å². The van der Waals surface area contributed by atoms with E-state index < -0.39 is 5.97 Å². The van der Waals surface area contributed by atoms with Crippen molar-refractivity contribution in [3.63, 3.8) is 0 Å². The largest absolute Gasteiger partial charge is 0.478 e. The fourth-order valence-electron chi connectivity index (χ4n) is 1.40. The molecule has 1 rings (SSSR count). The summed E-state index contributed by atoms with van der Waals surface area (Å²) in [4.78, 5) is 10.7. The van der Waals surface area contributed by atoms with Gasteiger partial charge < -0.3 is 15.5 Å². The van der Waals surface area contributed by atoms with Crippen LogP contribution < -0.4 is 5.32 Å². The molecule has 0 aliphatic rings. The van der Waals surface area contributed by atoms with E-state index in [1.807, 2.05) is 6.92 Å². The number of hydrogen-bond acceptors (Lipinski definition) is 3. The summed E-state index contributed by atoms with van der Waals surface area (Å²) >= 11 is 5.96. The van der Waals surface area contributed by atoms with E-state index in [1.165, 1.54) is 12.1 Å². The van der Waals surface area contributed by atoms with Crippen LogP contribution in [-0.4, -0.2) is 29.3 Å². The summed E-state index contributed by atoms with van der Waals surface area (Å²) in [6, 6.07) is 4.58. The Balaban J connectivity index is 2.63. The lowest BCUT2D eigenvalue weighted by atomic mass is 10.1. The minimum atomic E-state index is -0.993. The van der Waals surface area contributed by atoms with E-state index in [2.05, 4.69) is 5.32 Å². The summed E-state index contributed by atoms with van der Waals surface area (Å²) < 4.78 is 0. The zero-order valence-corrected chi connectivity index (χ0v) is 10.4. The van der Waals surface area contributed by atoms with Crippen LogP contribution in [0.3, 0.4) is 0 Å². The number of rotatable bonds is 6. The summed E-state index contributed by atoms with van der Waals surface area (Å²) in [5, 5.41) is 21.1. The number of halogens is 1. The highest BCUT2D eigenvalue weighted by molar-refractivity contribution is 6.33. The molecule has 0 saturated heterocycles. The summed E-state index contributed by atoms with van der Waals surface area (Å²) in [5.74, 6) is -0.665. The highest BCUT2D eigenvalue weighted by Gasteiger charge is 2.07. The van der Waals surface area contributed by atoms with Gasteiger partial charge >= 0.3 is 5.97 Å². The van der Waals surface area contributed by atoms with Gasteiger partial charge in [0.05, 0.1) is 16.3 Å². The van der Waals surface area contributed by atoms with E-state index in [-0.39, 0.29) is 12.2 Å². The van der Waals surface area contributed by atoms with Crippen LogP contribution in [0.1, 0.15) is 23.7 Å². The second kappa shape index (κ2) is 6.47. The molecule has 1 unspecified atom stereocenters. The number of carboxylic acid groups (broad SMARTS) is 1. The summed E-state index contributed by atoms with van der Waals surface area (Å²) in [5.41, 5.74) is 0.880. The highest BCUT2D eigenvalue weighted by Crippen LogP contribution is 2.23. The van der Waals surface area contributed by atoms with Crippen molar-refractivity contribution in [3.8, 4) is 0 Å². The quantitative estimate of drug-likeness (QED) is 0.732. The maximum absolute atomic E-state index is 10.7. The summed E-state index contributed by atoms with van der Waals surface area (Å²) in [7, 11) is 0. The first-order valence-electron chi connectivity index (χ1n) is 5.42. The van der Waals surface area contributed by atoms with Crippen LogP contribution in [0.25, 0.3) is 0 Å². The van der Waals surface area contributed by atoms with Crippen LogP contribution in [0.4, 0.5) is 5.69 Å². The normalized spacial score (nSPS) is 12.2. The maximum Gasteiger partial charge on any atom is 0.335 e. The van der Waals surface area contributed by atoms with Gasteiger partial charge in [-0.3, -0.25) is 0 Å². The Kier molecular flexibility index (Phi) is 5.25. The minimum absolute atomic E-state index is 0.161. The zero-order valence-electron chi connectivity index (χ0n) is 9.61. The van der Waals surface area contributed by atoms with Crippen molar-refractivity contribution in [2.24, 2.45) is 5.92 Å². The van der Waals surface area contributed by atoms with E-state index in [9.17, 15) is 4.79 Å². The van der Waals surface area contributed by atoms with E-state index in [1.54, 1.807) is 6.07 Å². The number of anilines is 1. The SMILES string of the molecule is CC(CCO)CNc1ccc(C(=O)O)cc1Cl. The molecule has 1 aromatic rings. The van der Waals surface area contributed by atoms with Crippen molar-refractivity contribution in [3.05, 3.63) is 28.8 Å². The first-order valence-corrected chi connectivity index (χ1v) is 5.80. The van der Waals surface area contributed by atoms with Crippen molar-refractivity contribution in [1.29, 1.82) is 0 Å². The molecule has 17 heavy (non-hydrogen) atoms. The lowest BCUT2D eigenvalue weighted by Crippen LogP contribution is -2.13. The van der Waals surface area contributed by atoms with Crippen molar-refractivity contribution < 1.29 is 15.0 Å². The number of nitrogens with one attached hydrogen (secondary N) is 1. The molecule has 0 saturated carbocycles. The number of hydrogen-bond donors (Lipinski definition) is 3. The highest BCUT2D eigenvalue weighted by atomic mass is 35.5. The molecule has 1 aromatic carbocycles. The Morgan fingerprint density at radius 3 is 2.76 bits per heavy atom. The maximum atomic E-state index is 10.7. The number of carbonyl (C=O) groups is 1. The first-order chi connectivity index (χ1) is 8.04. The first kappa shape index (κ1) is 13.8. The molecule has 1 atom stereocenters. The van der Waals surface area contributed by atoms with Crippen LogP contribution in [0.5, 0.6) is 0 Å². The van der Waals surface area contributed by atoms with Gasteiger partial charge in [-0.1, -0.05) is 18.5 Å². The number of benzene rings is 1. The molecular formula is C12H16ClNO3. The molecular weight excluding hydrogens is 242 g/mol. The average molecular weight is 258 g/mol. The van der Waals surface area contributed by atoms with E-state index in [0.717, 1.165) is 6.42 Å². The van der Waals surface area contributed by atoms with Crippen molar-refractivity contribution in [1.82, 2.24) is 0 Å². The summed E-state index contributed by atoms with van der Waals surface area (Å²) in [6.07, 6.45) is 0.720. The van der Waals surface area contributed by atoms with E-state index in [0.29, 0.717) is 23.2 Å². The van der Waals surface area contributed by atoms with Crippen LogP contribution in [-0.2, 0) is 0 Å². The van der Waals surface area contributed by atoms with Gasteiger partial charge in [-0.2, -0.15) is 0 Å². The standard InChI is InChI=1S/C12H16ClNO3/c1-8(4-5-15)7-14-11-3-2-9(12(16)17)6-10(11)13/h2-3,6,8,14-15H,4-5,7H2,1H3,(H,16,17). The predicted octanol–water partition coefficient (Wildman–Crippen LogP) is 2.47. The van der Waals surface area contributed by atoms with Crippen LogP contribution in [0.15, 0.2) is 18.2 Å². The Labute approximate surface area is 105 Å². The Morgan fingerprint density at radius 2 is 2.24 bits per heavy atom. The average Bonchev–Trinajstić information content (AvgIpc) is 2.27. The molecule has 0 spiro atoms. The number of carboxylic acids is 1. The molecule has 0 bridgehead atoms. The van der Waals surface area contributed by atoms with Crippen molar-refractivity contribution >= 4 is 23.3 Å². The molecule has 5 heteroatoms. The molecule has 0 aliphatic heterocycles.